The van der Waals surface area contributed by atoms with Gasteiger partial charge in [-0.3, -0.25) is 0 Å². The van der Waals surface area contributed by atoms with Gasteiger partial charge in [0, 0.05) is 4.47 Å². The fourth-order valence-corrected chi connectivity index (χ4v) is 2.03. The first-order valence-corrected chi connectivity index (χ1v) is 6.33. The Hall–Kier alpha value is -2.06. The van der Waals surface area contributed by atoms with Crippen LogP contribution in [0.2, 0.25) is 0 Å². The van der Waals surface area contributed by atoms with Crippen molar-refractivity contribution in [3.05, 3.63) is 51.7 Å². The van der Waals surface area contributed by atoms with Crippen LogP contribution in [0.5, 0.6) is 0 Å². The van der Waals surface area contributed by atoms with Gasteiger partial charge < -0.3 is 11.1 Å². The van der Waals surface area contributed by atoms with Crippen molar-refractivity contribution in [1.82, 2.24) is 0 Å². The molecule has 0 aliphatic rings. The van der Waals surface area contributed by atoms with Crippen LogP contribution in [0.25, 0.3) is 0 Å². The number of nitrogens with zero attached hydrogens (tertiary/aromatic N) is 1. The van der Waals surface area contributed by atoms with Gasteiger partial charge in [-0.1, -0.05) is 15.9 Å². The minimum absolute atomic E-state index is 0.298. The van der Waals surface area contributed by atoms with Crippen molar-refractivity contribution >= 4 is 33.0 Å². The minimum atomic E-state index is -0.349. The van der Waals surface area contributed by atoms with E-state index >= 15 is 0 Å². The van der Waals surface area contributed by atoms with E-state index in [-0.39, 0.29) is 5.82 Å². The highest BCUT2D eigenvalue weighted by Gasteiger charge is 2.08. The highest BCUT2D eigenvalue weighted by molar-refractivity contribution is 9.10. The minimum Gasteiger partial charge on any atom is -0.397 e. The number of anilines is 3. The lowest BCUT2D eigenvalue weighted by Gasteiger charge is -2.12. The van der Waals surface area contributed by atoms with E-state index in [2.05, 4.69) is 27.3 Å². The zero-order chi connectivity index (χ0) is 14.0. The molecule has 2 aromatic carbocycles. The summed E-state index contributed by atoms with van der Waals surface area (Å²) in [5, 5.41) is 12.1. The van der Waals surface area contributed by atoms with E-state index < -0.39 is 0 Å². The first-order valence-electron chi connectivity index (χ1n) is 5.53. The molecule has 0 aliphatic heterocycles. The van der Waals surface area contributed by atoms with Crippen molar-refractivity contribution in [1.29, 1.82) is 5.26 Å². The molecular weight excluding hydrogens is 309 g/mol. The number of rotatable bonds is 2. The maximum Gasteiger partial charge on any atom is 0.128 e. The Labute approximate surface area is 119 Å². The molecule has 3 N–H and O–H groups in total. The largest absolute Gasteiger partial charge is 0.397 e. The molecule has 0 atom stereocenters. The molecule has 3 nitrogen and oxygen atoms in total. The number of aryl methyl sites for hydroxylation is 1. The predicted molar refractivity (Wildman–Crippen MR) is 77.7 cm³/mol. The van der Waals surface area contributed by atoms with E-state index in [1.165, 1.54) is 6.07 Å². The van der Waals surface area contributed by atoms with Crippen LogP contribution < -0.4 is 11.1 Å². The predicted octanol–water partition coefficient (Wildman–Crippen LogP) is 4.09. The molecule has 0 unspecified atom stereocenters. The molecule has 2 aromatic rings. The molecule has 0 saturated heterocycles. The fraction of sp³-hybridized carbons (Fsp3) is 0.0714. The second-order valence-electron chi connectivity index (χ2n) is 4.12. The number of hydrogen-bond acceptors (Lipinski definition) is 3. The third-order valence-corrected chi connectivity index (χ3v) is 3.20. The molecule has 2 rings (SSSR count). The molecule has 0 bridgehead atoms. The lowest BCUT2D eigenvalue weighted by molar-refractivity contribution is 0.619. The van der Waals surface area contributed by atoms with Crippen molar-refractivity contribution in [3.63, 3.8) is 0 Å². The van der Waals surface area contributed by atoms with Crippen molar-refractivity contribution < 1.29 is 4.39 Å². The van der Waals surface area contributed by atoms with E-state index in [0.29, 0.717) is 28.2 Å². The Morgan fingerprint density at radius 2 is 2.00 bits per heavy atom. The van der Waals surface area contributed by atoms with Crippen molar-refractivity contribution in [2.45, 2.75) is 6.92 Å². The van der Waals surface area contributed by atoms with Gasteiger partial charge >= 0.3 is 0 Å². The summed E-state index contributed by atoms with van der Waals surface area (Å²) < 4.78 is 14.2. The number of nitrogen functional groups attached to an aromatic ring is 1. The summed E-state index contributed by atoms with van der Waals surface area (Å²) in [6, 6.07) is 10.2. The summed E-state index contributed by atoms with van der Waals surface area (Å²) >= 11 is 3.34. The number of nitrogens with two attached hydrogens (primary N) is 1. The van der Waals surface area contributed by atoms with Crippen LogP contribution in [0, 0.1) is 24.1 Å². The second-order valence-corrected chi connectivity index (χ2v) is 5.03. The molecule has 0 spiro atoms. The molecule has 96 valence electrons. The van der Waals surface area contributed by atoms with Crippen LogP contribution in [0.15, 0.2) is 34.8 Å². The molecule has 0 saturated carbocycles. The second kappa shape index (κ2) is 5.29. The highest BCUT2D eigenvalue weighted by atomic mass is 79.9. The standard InChI is InChI=1S/C14H11BrFN3/c1-8-4-14(12(18)6-11(8)16)19-13-5-10(15)3-2-9(13)7-17/h2-6,19H,18H2,1H3. The summed E-state index contributed by atoms with van der Waals surface area (Å²) in [6.07, 6.45) is 0. The Bertz CT molecular complexity index is 677. The fourth-order valence-electron chi connectivity index (χ4n) is 1.67. The molecule has 0 amide bonds. The van der Waals surface area contributed by atoms with Gasteiger partial charge in [0.15, 0.2) is 0 Å². The quantitative estimate of drug-likeness (QED) is 0.819. The van der Waals surface area contributed by atoms with Crippen LogP contribution in [0.1, 0.15) is 11.1 Å². The maximum absolute atomic E-state index is 13.3. The van der Waals surface area contributed by atoms with Crippen LogP contribution in [-0.4, -0.2) is 0 Å². The topological polar surface area (TPSA) is 61.8 Å². The van der Waals surface area contributed by atoms with Gasteiger partial charge in [-0.2, -0.15) is 5.26 Å². The van der Waals surface area contributed by atoms with E-state index in [0.717, 1.165) is 4.47 Å². The Morgan fingerprint density at radius 3 is 2.68 bits per heavy atom. The SMILES string of the molecule is Cc1cc(Nc2cc(Br)ccc2C#N)c(N)cc1F. The zero-order valence-electron chi connectivity index (χ0n) is 10.2. The van der Waals surface area contributed by atoms with E-state index in [9.17, 15) is 4.39 Å². The molecule has 0 radical (unpaired) electrons. The smallest absolute Gasteiger partial charge is 0.128 e. The van der Waals surface area contributed by atoms with Crippen molar-refractivity contribution in [3.8, 4) is 6.07 Å². The van der Waals surface area contributed by atoms with Crippen molar-refractivity contribution in [2.24, 2.45) is 0 Å². The first kappa shape index (κ1) is 13.4. The van der Waals surface area contributed by atoms with Gasteiger partial charge in [-0.25, -0.2) is 4.39 Å². The average Bonchev–Trinajstić information content (AvgIpc) is 2.36. The van der Waals surface area contributed by atoms with Crippen LogP contribution >= 0.6 is 15.9 Å². The van der Waals surface area contributed by atoms with E-state index in [1.54, 1.807) is 31.2 Å². The third-order valence-electron chi connectivity index (χ3n) is 2.70. The molecule has 0 heterocycles. The highest BCUT2D eigenvalue weighted by Crippen LogP contribution is 2.29. The number of halogens is 2. The molecule has 0 aromatic heterocycles. The summed E-state index contributed by atoms with van der Waals surface area (Å²) in [4.78, 5) is 0. The van der Waals surface area contributed by atoms with Crippen LogP contribution in [0.4, 0.5) is 21.5 Å². The van der Waals surface area contributed by atoms with Gasteiger partial charge in [0.1, 0.15) is 11.9 Å². The van der Waals surface area contributed by atoms with Crippen LogP contribution in [0.3, 0.4) is 0 Å². The molecule has 19 heavy (non-hydrogen) atoms. The molecule has 0 aliphatic carbocycles. The van der Waals surface area contributed by atoms with Gasteiger partial charge in [-0.15, -0.1) is 0 Å². The third kappa shape index (κ3) is 2.85. The summed E-state index contributed by atoms with van der Waals surface area (Å²) in [5.74, 6) is -0.349. The monoisotopic (exact) mass is 319 g/mol. The zero-order valence-corrected chi connectivity index (χ0v) is 11.8. The number of benzene rings is 2. The molecule has 0 fully saturated rings. The summed E-state index contributed by atoms with van der Waals surface area (Å²) in [5.41, 5.74) is 8.25. The van der Waals surface area contributed by atoms with Crippen LogP contribution in [-0.2, 0) is 0 Å². The number of nitriles is 1. The lowest BCUT2D eigenvalue weighted by Crippen LogP contribution is -2.00. The van der Waals surface area contributed by atoms with Gasteiger partial charge in [0.2, 0.25) is 0 Å². The average molecular weight is 320 g/mol. The Kier molecular flexibility index (Phi) is 3.72. The molecular formula is C14H11BrFN3. The van der Waals surface area contributed by atoms with E-state index in [1.807, 2.05) is 0 Å². The van der Waals surface area contributed by atoms with Crippen molar-refractivity contribution in [2.75, 3.05) is 11.1 Å². The number of nitrogens with one attached hydrogen (secondary N) is 1. The van der Waals surface area contributed by atoms with Gasteiger partial charge in [0.05, 0.1) is 22.6 Å². The first-order chi connectivity index (χ1) is 9.01. The van der Waals surface area contributed by atoms with Gasteiger partial charge in [0.25, 0.3) is 0 Å². The maximum atomic E-state index is 13.3. The lowest BCUT2D eigenvalue weighted by atomic mass is 10.1. The Balaban J connectivity index is 2.45. The summed E-state index contributed by atoms with van der Waals surface area (Å²) in [6.45, 7) is 1.66. The number of hydrogen-bond donors (Lipinski definition) is 2. The summed E-state index contributed by atoms with van der Waals surface area (Å²) in [7, 11) is 0. The van der Waals surface area contributed by atoms with Gasteiger partial charge in [-0.05, 0) is 42.8 Å². The Morgan fingerprint density at radius 1 is 1.26 bits per heavy atom. The molecule has 5 heteroatoms. The normalized spacial score (nSPS) is 10.0. The van der Waals surface area contributed by atoms with E-state index in [4.69, 9.17) is 11.0 Å².